The summed E-state index contributed by atoms with van der Waals surface area (Å²) in [5.41, 5.74) is -0.288. The van der Waals surface area contributed by atoms with Gasteiger partial charge < -0.3 is 15.2 Å². The number of halogens is 4. The Morgan fingerprint density at radius 3 is 2.53 bits per heavy atom. The number of pyridine rings is 1. The van der Waals surface area contributed by atoms with Crippen LogP contribution in [0.2, 0.25) is 0 Å². The molecular weight excluding hydrogens is 404 g/mol. The molecule has 1 unspecified atom stereocenters. The summed E-state index contributed by atoms with van der Waals surface area (Å²) in [5, 5.41) is 17.7. The first-order valence-electron chi connectivity index (χ1n) is 9.04. The Hall–Kier alpha value is -3.43. The van der Waals surface area contributed by atoms with Gasteiger partial charge in [0.2, 0.25) is 0 Å². The summed E-state index contributed by atoms with van der Waals surface area (Å²) in [6.07, 6.45) is -0.110. The number of hydrogen-bond acceptors (Lipinski definition) is 5. The summed E-state index contributed by atoms with van der Waals surface area (Å²) in [4.78, 5) is 15.0. The molecule has 0 aliphatic carbocycles. The lowest BCUT2D eigenvalue weighted by Gasteiger charge is -2.20. The highest BCUT2D eigenvalue weighted by molar-refractivity contribution is 5.86. The van der Waals surface area contributed by atoms with Crippen molar-refractivity contribution >= 4 is 11.7 Å². The van der Waals surface area contributed by atoms with E-state index in [2.05, 4.69) is 15.4 Å². The zero-order valence-corrected chi connectivity index (χ0v) is 15.8. The molecule has 0 radical (unpaired) electrons. The van der Waals surface area contributed by atoms with Crippen LogP contribution in [0.15, 0.2) is 48.9 Å². The lowest BCUT2D eigenvalue weighted by atomic mass is 10.00. The average Bonchev–Trinajstić information content (AvgIpc) is 3.18. The monoisotopic (exact) mass is 421 g/mol. The third-order valence-corrected chi connectivity index (χ3v) is 4.43. The Morgan fingerprint density at radius 1 is 1.23 bits per heavy atom. The van der Waals surface area contributed by atoms with Gasteiger partial charge in [-0.15, -0.1) is 0 Å². The van der Waals surface area contributed by atoms with E-state index in [4.69, 9.17) is 0 Å². The minimum atomic E-state index is -4.49. The van der Waals surface area contributed by atoms with Crippen LogP contribution in [-0.2, 0) is 6.18 Å². The van der Waals surface area contributed by atoms with Gasteiger partial charge in [-0.2, -0.15) is 18.3 Å². The second-order valence-corrected chi connectivity index (χ2v) is 6.59. The number of benzene rings is 1. The van der Waals surface area contributed by atoms with Gasteiger partial charge in [0.15, 0.2) is 5.82 Å². The molecule has 1 N–H and O–H groups in total. The first-order valence-corrected chi connectivity index (χ1v) is 9.04. The van der Waals surface area contributed by atoms with Crippen molar-refractivity contribution in [1.82, 2.24) is 14.8 Å². The molecule has 1 aromatic carbocycles. The fourth-order valence-corrected chi connectivity index (χ4v) is 2.93. The van der Waals surface area contributed by atoms with E-state index < -0.39 is 29.1 Å². The number of nitrogens with zero attached hydrogens (tertiary/aromatic N) is 3. The smallest absolute Gasteiger partial charge is 0.419 e. The van der Waals surface area contributed by atoms with Crippen LogP contribution in [0.25, 0.3) is 5.82 Å². The second-order valence-electron chi connectivity index (χ2n) is 6.59. The Labute approximate surface area is 169 Å². The minimum absolute atomic E-state index is 0.201. The Balaban J connectivity index is 1.79. The van der Waals surface area contributed by atoms with E-state index in [0.717, 1.165) is 35.6 Å². The number of anilines is 1. The van der Waals surface area contributed by atoms with Gasteiger partial charge in [-0.1, -0.05) is 19.4 Å². The van der Waals surface area contributed by atoms with Crippen molar-refractivity contribution in [3.63, 3.8) is 0 Å². The Morgan fingerprint density at radius 2 is 2.00 bits per heavy atom. The highest BCUT2D eigenvalue weighted by atomic mass is 19.4. The van der Waals surface area contributed by atoms with Crippen LogP contribution in [0.5, 0.6) is 0 Å². The molecule has 1 atom stereocenters. The van der Waals surface area contributed by atoms with Crippen molar-refractivity contribution in [2.45, 2.75) is 32.0 Å². The van der Waals surface area contributed by atoms with Gasteiger partial charge in [0.25, 0.3) is 0 Å². The van der Waals surface area contributed by atoms with Gasteiger partial charge in [0.1, 0.15) is 5.82 Å². The van der Waals surface area contributed by atoms with Gasteiger partial charge in [0, 0.05) is 11.8 Å². The quantitative estimate of drug-likeness (QED) is 0.588. The molecule has 3 rings (SSSR count). The lowest BCUT2D eigenvalue weighted by Crippen LogP contribution is -2.24. The number of nitrogens with one attached hydrogen (secondary N) is 1. The number of rotatable bonds is 7. The largest absolute Gasteiger partial charge is 0.545 e. The predicted molar refractivity (Wildman–Crippen MR) is 98.4 cm³/mol. The van der Waals surface area contributed by atoms with Gasteiger partial charge in [-0.3, -0.25) is 0 Å². The van der Waals surface area contributed by atoms with Gasteiger partial charge in [-0.25, -0.2) is 14.1 Å². The number of carboxylic acids is 1. The molecule has 0 amide bonds. The van der Waals surface area contributed by atoms with Gasteiger partial charge in [-0.05, 0) is 36.2 Å². The van der Waals surface area contributed by atoms with Crippen molar-refractivity contribution in [3.8, 4) is 5.82 Å². The molecule has 3 aromatic rings. The molecule has 158 valence electrons. The highest BCUT2D eigenvalue weighted by Gasteiger charge is 2.32. The highest BCUT2D eigenvalue weighted by Crippen LogP contribution is 2.29. The molecule has 0 fully saturated rings. The summed E-state index contributed by atoms with van der Waals surface area (Å²) in [6, 6.07) is 6.59. The molecule has 0 saturated heterocycles. The van der Waals surface area contributed by atoms with E-state index in [1.54, 1.807) is 6.07 Å². The molecule has 0 spiro atoms. The van der Waals surface area contributed by atoms with Gasteiger partial charge in [0.05, 0.1) is 35.7 Å². The maximum Gasteiger partial charge on any atom is 0.419 e. The average molecular weight is 421 g/mol. The molecule has 10 heteroatoms. The second kappa shape index (κ2) is 8.52. The maximum atomic E-state index is 14.0. The van der Waals surface area contributed by atoms with Crippen LogP contribution in [0.4, 0.5) is 23.2 Å². The molecule has 0 saturated carbocycles. The van der Waals surface area contributed by atoms with E-state index in [9.17, 15) is 27.5 Å². The molecular formula is C20H17F4N4O2-. The third kappa shape index (κ3) is 4.76. The number of hydrogen-bond donors (Lipinski definition) is 1. The van der Waals surface area contributed by atoms with Crippen LogP contribution < -0.4 is 10.4 Å². The number of carbonyl (C=O) groups excluding carboxylic acids is 1. The van der Waals surface area contributed by atoms with Crippen LogP contribution in [0.3, 0.4) is 0 Å². The van der Waals surface area contributed by atoms with Crippen LogP contribution >= 0.6 is 0 Å². The standard InChI is InChI=1S/C20H18F4N4O2/c1-2-3-17(12-4-6-15(19(29)30)16(21)8-12)27-14-5-7-18(25-10-14)28-11-13(9-26-28)20(22,23)24/h4-11,17,27H,2-3H2,1H3,(H,29,30)/p-1. The zero-order chi connectivity index (χ0) is 21.9. The SMILES string of the molecule is CCCC(Nc1ccc(-n2cc(C(F)(F)F)cn2)nc1)c1ccc(C(=O)[O-])c(F)c1. The lowest BCUT2D eigenvalue weighted by molar-refractivity contribution is -0.255. The number of carboxylic acid groups (broad SMARTS) is 1. The summed E-state index contributed by atoms with van der Waals surface area (Å²) < 4.78 is 53.2. The Bertz CT molecular complexity index is 1030. The zero-order valence-electron chi connectivity index (χ0n) is 15.8. The number of aromatic carboxylic acids is 1. The fourth-order valence-electron chi connectivity index (χ4n) is 2.93. The summed E-state index contributed by atoms with van der Waals surface area (Å²) >= 11 is 0. The van der Waals surface area contributed by atoms with E-state index in [-0.39, 0.29) is 11.9 Å². The number of alkyl halides is 3. The summed E-state index contributed by atoms with van der Waals surface area (Å²) in [6.45, 7) is 1.94. The summed E-state index contributed by atoms with van der Waals surface area (Å²) in [5.74, 6) is -2.28. The third-order valence-electron chi connectivity index (χ3n) is 4.43. The molecule has 2 heterocycles. The van der Waals surface area contributed by atoms with Crippen LogP contribution in [0, 0.1) is 5.82 Å². The van der Waals surface area contributed by atoms with Crippen molar-refractivity contribution < 1.29 is 27.5 Å². The van der Waals surface area contributed by atoms with E-state index in [0.29, 0.717) is 17.7 Å². The van der Waals surface area contributed by atoms with Crippen molar-refractivity contribution in [3.05, 3.63) is 71.4 Å². The summed E-state index contributed by atoms with van der Waals surface area (Å²) in [7, 11) is 0. The fraction of sp³-hybridized carbons (Fsp3) is 0.250. The van der Waals surface area contributed by atoms with E-state index in [1.165, 1.54) is 18.3 Å². The van der Waals surface area contributed by atoms with Crippen molar-refractivity contribution in [1.29, 1.82) is 0 Å². The predicted octanol–water partition coefficient (Wildman–Crippen LogP) is 3.74. The first kappa shape index (κ1) is 21.3. The first-order chi connectivity index (χ1) is 14.2. The molecule has 0 aliphatic heterocycles. The van der Waals surface area contributed by atoms with Crippen LogP contribution in [-0.4, -0.2) is 20.7 Å². The topological polar surface area (TPSA) is 82.9 Å². The maximum absolute atomic E-state index is 14.0. The van der Waals surface area contributed by atoms with Gasteiger partial charge >= 0.3 is 6.18 Å². The van der Waals surface area contributed by atoms with E-state index in [1.807, 2.05) is 6.92 Å². The number of aromatic nitrogens is 3. The number of carbonyl (C=O) groups is 1. The molecule has 0 bridgehead atoms. The normalized spacial score (nSPS) is 12.6. The van der Waals surface area contributed by atoms with E-state index >= 15 is 0 Å². The molecule has 0 aliphatic rings. The molecule has 6 nitrogen and oxygen atoms in total. The molecule has 2 aromatic heterocycles. The van der Waals surface area contributed by atoms with Crippen LogP contribution in [0.1, 0.15) is 47.3 Å². The minimum Gasteiger partial charge on any atom is -0.545 e. The van der Waals surface area contributed by atoms with Crippen molar-refractivity contribution in [2.24, 2.45) is 0 Å². The van der Waals surface area contributed by atoms with Crippen molar-refractivity contribution in [2.75, 3.05) is 5.32 Å². The Kier molecular flexibility index (Phi) is 6.04. The molecule has 30 heavy (non-hydrogen) atoms.